The molecule has 5 heterocycles. The predicted molar refractivity (Wildman–Crippen MR) is 143 cm³/mol. The molecule has 3 aliphatic rings. The highest BCUT2D eigenvalue weighted by Gasteiger charge is 2.45. The molecule has 2 aromatic heterocycles. The Morgan fingerprint density at radius 2 is 1.85 bits per heavy atom. The second kappa shape index (κ2) is 8.93. The molecular formula is C30H27N3O6. The van der Waals surface area contributed by atoms with E-state index in [0.29, 0.717) is 47.1 Å². The molecular weight excluding hydrogens is 498 g/mol. The Balaban J connectivity index is 1.34. The van der Waals surface area contributed by atoms with E-state index >= 15 is 0 Å². The predicted octanol–water partition coefficient (Wildman–Crippen LogP) is 3.14. The molecule has 0 bridgehead atoms. The molecule has 0 fully saturated rings. The molecule has 9 heteroatoms. The number of nitrogens with zero attached hydrogens (tertiary/aromatic N) is 2. The van der Waals surface area contributed by atoms with E-state index in [2.05, 4.69) is 17.4 Å². The Labute approximate surface area is 224 Å². The maximum Gasteiger partial charge on any atom is 0.343 e. The summed E-state index contributed by atoms with van der Waals surface area (Å²) in [6.07, 6.45) is 0.980. The third-order valence-corrected chi connectivity index (χ3v) is 8.04. The van der Waals surface area contributed by atoms with E-state index in [9.17, 15) is 14.7 Å². The topological polar surface area (TPSA) is 112 Å². The lowest BCUT2D eigenvalue weighted by Crippen LogP contribution is -2.44. The average Bonchev–Trinajstić information content (AvgIpc) is 3.57. The van der Waals surface area contributed by atoms with Crippen molar-refractivity contribution in [3.05, 3.63) is 86.7 Å². The molecule has 2 aromatic carbocycles. The van der Waals surface area contributed by atoms with Gasteiger partial charge in [0.1, 0.15) is 6.61 Å². The van der Waals surface area contributed by atoms with E-state index in [1.165, 1.54) is 5.56 Å². The van der Waals surface area contributed by atoms with E-state index in [4.69, 9.17) is 19.2 Å². The zero-order valence-electron chi connectivity index (χ0n) is 21.5. The van der Waals surface area contributed by atoms with Crippen LogP contribution >= 0.6 is 0 Å². The SMILES string of the molecule is CC[C@@]1(O)C(=O)OCc2c1cc1n(c2=O)Cc2c-1nc1cc3c(cc1c2CNCCc1ccccc1)OCO3. The summed E-state index contributed by atoms with van der Waals surface area (Å²) in [5.74, 6) is 0.561. The van der Waals surface area contributed by atoms with Gasteiger partial charge in [0.25, 0.3) is 5.56 Å². The van der Waals surface area contributed by atoms with Gasteiger partial charge in [-0.1, -0.05) is 37.3 Å². The smallest absolute Gasteiger partial charge is 0.343 e. The van der Waals surface area contributed by atoms with Gasteiger partial charge < -0.3 is 29.2 Å². The van der Waals surface area contributed by atoms with Crippen LogP contribution in [0.15, 0.2) is 53.3 Å². The molecule has 0 saturated carbocycles. The fraction of sp³-hybridized carbons (Fsp3) is 0.300. The van der Waals surface area contributed by atoms with Crippen molar-refractivity contribution in [3.63, 3.8) is 0 Å². The van der Waals surface area contributed by atoms with E-state index in [0.717, 1.165) is 35.0 Å². The van der Waals surface area contributed by atoms with Crippen LogP contribution in [0, 0.1) is 0 Å². The molecule has 0 spiro atoms. The molecule has 0 aliphatic carbocycles. The van der Waals surface area contributed by atoms with E-state index < -0.39 is 11.6 Å². The van der Waals surface area contributed by atoms with Gasteiger partial charge in [-0.15, -0.1) is 0 Å². The minimum atomic E-state index is -1.87. The summed E-state index contributed by atoms with van der Waals surface area (Å²) >= 11 is 0. The molecule has 39 heavy (non-hydrogen) atoms. The summed E-state index contributed by atoms with van der Waals surface area (Å²) in [6, 6.07) is 15.9. The largest absolute Gasteiger partial charge is 0.458 e. The van der Waals surface area contributed by atoms with Gasteiger partial charge in [-0.2, -0.15) is 0 Å². The van der Waals surface area contributed by atoms with Gasteiger partial charge in [-0.05, 0) is 42.6 Å². The number of ether oxygens (including phenoxy) is 3. The highest BCUT2D eigenvalue weighted by molar-refractivity contribution is 5.91. The Morgan fingerprint density at radius 3 is 2.64 bits per heavy atom. The zero-order valence-corrected chi connectivity index (χ0v) is 21.5. The van der Waals surface area contributed by atoms with Crippen molar-refractivity contribution in [3.8, 4) is 22.9 Å². The molecule has 1 atom stereocenters. The Morgan fingerprint density at radius 1 is 1.05 bits per heavy atom. The first kappa shape index (κ1) is 23.9. The molecule has 0 amide bonds. The minimum Gasteiger partial charge on any atom is -0.458 e. The summed E-state index contributed by atoms with van der Waals surface area (Å²) in [6.45, 7) is 3.38. The van der Waals surface area contributed by atoms with Gasteiger partial charge in [0.15, 0.2) is 17.1 Å². The first-order valence-corrected chi connectivity index (χ1v) is 13.1. The third-order valence-electron chi connectivity index (χ3n) is 8.04. The van der Waals surface area contributed by atoms with Gasteiger partial charge in [0.05, 0.1) is 29.0 Å². The van der Waals surface area contributed by atoms with Crippen LogP contribution in [0.4, 0.5) is 0 Å². The lowest BCUT2D eigenvalue weighted by molar-refractivity contribution is -0.172. The van der Waals surface area contributed by atoms with Crippen molar-refractivity contribution >= 4 is 16.9 Å². The van der Waals surface area contributed by atoms with Crippen molar-refractivity contribution in [2.24, 2.45) is 0 Å². The highest BCUT2D eigenvalue weighted by atomic mass is 16.7. The zero-order chi connectivity index (χ0) is 26.7. The van der Waals surface area contributed by atoms with E-state index in [1.54, 1.807) is 17.6 Å². The molecule has 0 unspecified atom stereocenters. The number of esters is 1. The van der Waals surface area contributed by atoms with E-state index in [-0.39, 0.29) is 25.4 Å². The van der Waals surface area contributed by atoms with Crippen molar-refractivity contribution in [2.45, 2.75) is 45.1 Å². The second-order valence-electron chi connectivity index (χ2n) is 10.2. The maximum absolute atomic E-state index is 13.6. The monoisotopic (exact) mass is 525 g/mol. The van der Waals surface area contributed by atoms with Gasteiger partial charge in [0, 0.05) is 29.1 Å². The molecule has 198 valence electrons. The van der Waals surface area contributed by atoms with Gasteiger partial charge in [-0.3, -0.25) is 4.79 Å². The first-order valence-electron chi connectivity index (χ1n) is 13.1. The average molecular weight is 526 g/mol. The van der Waals surface area contributed by atoms with E-state index in [1.807, 2.05) is 30.3 Å². The quantitative estimate of drug-likeness (QED) is 0.257. The van der Waals surface area contributed by atoms with Gasteiger partial charge in [0.2, 0.25) is 6.79 Å². The Hall–Kier alpha value is -4.21. The third kappa shape index (κ3) is 3.65. The molecule has 7 rings (SSSR count). The number of fused-ring (bicyclic) bond motifs is 6. The fourth-order valence-corrected chi connectivity index (χ4v) is 5.84. The molecule has 2 N–H and O–H groups in total. The van der Waals surface area contributed by atoms with Gasteiger partial charge in [-0.25, -0.2) is 9.78 Å². The summed E-state index contributed by atoms with van der Waals surface area (Å²) < 4.78 is 18.1. The van der Waals surface area contributed by atoms with Crippen molar-refractivity contribution in [2.75, 3.05) is 13.3 Å². The van der Waals surface area contributed by atoms with Crippen LogP contribution in [0.1, 0.15) is 41.2 Å². The Kier molecular flexibility index (Phi) is 5.47. The standard InChI is InChI=1S/C30H27N3O6/c1-2-30(36)22-11-24-27-20(14-33(24)28(34)21(22)15-37-29(30)35)19(13-31-9-8-17-6-4-3-5-7-17)18-10-25-26(39-16-38-25)12-23(18)32-27/h3-7,10-12,31,36H,2,8-9,13-16H2,1H3/t30-/m0/s1. The number of hydrogen-bond donors (Lipinski definition) is 2. The van der Waals surface area contributed by atoms with Gasteiger partial charge >= 0.3 is 5.97 Å². The molecule has 9 nitrogen and oxygen atoms in total. The fourth-order valence-electron chi connectivity index (χ4n) is 5.84. The number of benzene rings is 2. The lowest BCUT2D eigenvalue weighted by Gasteiger charge is -2.31. The summed E-state index contributed by atoms with van der Waals surface area (Å²) in [5.41, 5.74) is 3.66. The van der Waals surface area contributed by atoms with Crippen LogP contribution in [0.2, 0.25) is 0 Å². The molecule has 3 aliphatic heterocycles. The molecule has 0 saturated heterocycles. The van der Waals surface area contributed by atoms with Crippen LogP contribution in [-0.4, -0.2) is 34.0 Å². The molecule has 0 radical (unpaired) electrons. The number of cyclic esters (lactones) is 1. The van der Waals surface area contributed by atoms with Crippen LogP contribution in [0.5, 0.6) is 11.5 Å². The van der Waals surface area contributed by atoms with Crippen LogP contribution in [-0.2, 0) is 41.2 Å². The first-order chi connectivity index (χ1) is 19.0. The number of rotatable bonds is 6. The van der Waals surface area contributed by atoms with Crippen molar-refractivity contribution in [1.82, 2.24) is 14.9 Å². The normalized spacial score (nSPS) is 18.6. The molecule has 4 aromatic rings. The van der Waals surface area contributed by atoms with Crippen LogP contribution in [0.3, 0.4) is 0 Å². The number of pyridine rings is 2. The summed E-state index contributed by atoms with van der Waals surface area (Å²) in [5, 5.41) is 15.7. The second-order valence-corrected chi connectivity index (χ2v) is 10.2. The van der Waals surface area contributed by atoms with Crippen molar-refractivity contribution < 1.29 is 24.1 Å². The number of aliphatic hydroxyl groups is 1. The number of carbonyl (C=O) groups excluding carboxylic acids is 1. The summed E-state index contributed by atoms with van der Waals surface area (Å²) in [4.78, 5) is 31.1. The summed E-state index contributed by atoms with van der Waals surface area (Å²) in [7, 11) is 0. The van der Waals surface area contributed by atoms with Crippen LogP contribution < -0.4 is 20.3 Å². The minimum absolute atomic E-state index is 0.0970. The highest BCUT2D eigenvalue weighted by Crippen LogP contribution is 2.43. The number of nitrogens with one attached hydrogen (secondary N) is 1. The number of aromatic nitrogens is 2. The lowest BCUT2D eigenvalue weighted by atomic mass is 9.86. The van der Waals surface area contributed by atoms with Crippen LogP contribution in [0.25, 0.3) is 22.3 Å². The van der Waals surface area contributed by atoms with Crippen molar-refractivity contribution in [1.29, 1.82) is 0 Å². The number of carbonyl (C=O) groups is 1. The number of hydrogen-bond acceptors (Lipinski definition) is 8. The Bertz CT molecular complexity index is 1710. The maximum atomic E-state index is 13.6.